The minimum absolute atomic E-state index is 0.0702. The minimum Gasteiger partial charge on any atom is -0.341 e. The van der Waals surface area contributed by atoms with Crippen LogP contribution in [0.4, 0.5) is 5.69 Å². The lowest BCUT2D eigenvalue weighted by Gasteiger charge is -2.35. The zero-order valence-electron chi connectivity index (χ0n) is 18.2. The fourth-order valence-electron chi connectivity index (χ4n) is 3.90. The van der Waals surface area contributed by atoms with Gasteiger partial charge in [0.1, 0.15) is 0 Å². The number of rotatable bonds is 4. The van der Waals surface area contributed by atoms with E-state index >= 15 is 0 Å². The van der Waals surface area contributed by atoms with E-state index in [1.165, 1.54) is 0 Å². The van der Waals surface area contributed by atoms with Crippen molar-refractivity contribution in [2.75, 3.05) is 18.4 Å². The molecular weight excluding hydrogens is 410 g/mol. The van der Waals surface area contributed by atoms with Crippen molar-refractivity contribution in [2.45, 2.75) is 39.5 Å². The summed E-state index contributed by atoms with van der Waals surface area (Å²) in [5, 5.41) is 13.0. The fraction of sp³-hybridized carbons (Fsp3) is 0.400. The quantitative estimate of drug-likeness (QED) is 0.712. The van der Waals surface area contributed by atoms with Gasteiger partial charge in [0.15, 0.2) is 0 Å². The molecule has 5 nitrogen and oxygen atoms in total. The average Bonchev–Trinajstić information content (AvgIpc) is 2.75. The lowest BCUT2D eigenvalue weighted by Crippen LogP contribution is -2.47. The van der Waals surface area contributed by atoms with Gasteiger partial charge in [-0.05, 0) is 36.1 Å². The first kappa shape index (κ1) is 22.8. The highest BCUT2D eigenvalue weighted by molar-refractivity contribution is 6.31. The molecule has 0 saturated carbocycles. The molecule has 162 valence electrons. The summed E-state index contributed by atoms with van der Waals surface area (Å²) in [6.45, 7) is 6.80. The fourth-order valence-corrected chi connectivity index (χ4v) is 4.19. The Morgan fingerprint density at radius 2 is 1.90 bits per heavy atom. The van der Waals surface area contributed by atoms with E-state index in [9.17, 15) is 14.9 Å². The highest BCUT2D eigenvalue weighted by Crippen LogP contribution is 2.32. The first-order chi connectivity index (χ1) is 14.7. The average molecular weight is 438 g/mol. The molecule has 3 rings (SSSR count). The Morgan fingerprint density at radius 1 is 1.19 bits per heavy atom. The predicted molar refractivity (Wildman–Crippen MR) is 123 cm³/mol. The SMILES string of the molecule is CC(C)(C)C(=O)N1CCCC(C(=O)Nc2ccc(C(C#N)c3ccccc3)c(Cl)c2)C1. The van der Waals surface area contributed by atoms with Gasteiger partial charge < -0.3 is 10.2 Å². The first-order valence-corrected chi connectivity index (χ1v) is 10.9. The van der Waals surface area contributed by atoms with Crippen LogP contribution >= 0.6 is 11.6 Å². The minimum atomic E-state index is -0.478. The third-order valence-electron chi connectivity index (χ3n) is 5.56. The maximum atomic E-state index is 12.8. The Hall–Kier alpha value is -2.84. The van der Waals surface area contributed by atoms with Gasteiger partial charge in [-0.15, -0.1) is 0 Å². The summed E-state index contributed by atoms with van der Waals surface area (Å²) >= 11 is 6.48. The highest BCUT2D eigenvalue weighted by atomic mass is 35.5. The van der Waals surface area contributed by atoms with E-state index in [1.54, 1.807) is 23.1 Å². The second-order valence-electron chi connectivity index (χ2n) is 9.04. The van der Waals surface area contributed by atoms with Crippen LogP contribution in [-0.2, 0) is 9.59 Å². The lowest BCUT2D eigenvalue weighted by molar-refractivity contribution is -0.142. The van der Waals surface area contributed by atoms with Gasteiger partial charge in [0.2, 0.25) is 11.8 Å². The van der Waals surface area contributed by atoms with Gasteiger partial charge in [-0.3, -0.25) is 9.59 Å². The van der Waals surface area contributed by atoms with Crippen molar-refractivity contribution in [3.05, 3.63) is 64.7 Å². The van der Waals surface area contributed by atoms with Crippen LogP contribution < -0.4 is 5.32 Å². The van der Waals surface area contributed by atoms with Crippen molar-refractivity contribution in [3.63, 3.8) is 0 Å². The number of likely N-dealkylation sites (tertiary alicyclic amines) is 1. The van der Waals surface area contributed by atoms with Crippen LogP contribution in [0.25, 0.3) is 0 Å². The number of anilines is 1. The molecular formula is C25H28ClN3O2. The molecule has 1 aliphatic rings. The first-order valence-electron chi connectivity index (χ1n) is 10.5. The summed E-state index contributed by atoms with van der Waals surface area (Å²) in [4.78, 5) is 27.2. The number of nitrogens with one attached hydrogen (secondary N) is 1. The summed E-state index contributed by atoms with van der Waals surface area (Å²) in [7, 11) is 0. The number of hydrogen-bond acceptors (Lipinski definition) is 3. The molecule has 0 aromatic heterocycles. The molecule has 0 spiro atoms. The number of hydrogen-bond donors (Lipinski definition) is 1. The zero-order chi connectivity index (χ0) is 22.6. The molecule has 1 heterocycles. The number of carbonyl (C=O) groups excluding carboxylic acids is 2. The number of nitrogens with zero attached hydrogens (tertiary/aromatic N) is 2. The van der Waals surface area contributed by atoms with Crippen molar-refractivity contribution in [2.24, 2.45) is 11.3 Å². The molecule has 6 heteroatoms. The van der Waals surface area contributed by atoms with Gasteiger partial charge in [0.05, 0.1) is 17.9 Å². The molecule has 2 amide bonds. The van der Waals surface area contributed by atoms with Crippen molar-refractivity contribution >= 4 is 29.1 Å². The third-order valence-corrected chi connectivity index (χ3v) is 5.89. The number of carbonyl (C=O) groups is 2. The molecule has 0 aliphatic carbocycles. The van der Waals surface area contributed by atoms with E-state index in [2.05, 4.69) is 11.4 Å². The predicted octanol–water partition coefficient (Wildman–Crippen LogP) is 5.22. The molecule has 31 heavy (non-hydrogen) atoms. The van der Waals surface area contributed by atoms with Crippen LogP contribution in [0.2, 0.25) is 5.02 Å². The van der Waals surface area contributed by atoms with Gasteiger partial charge in [-0.2, -0.15) is 5.26 Å². The van der Waals surface area contributed by atoms with E-state index in [0.717, 1.165) is 18.4 Å². The van der Waals surface area contributed by atoms with Crippen LogP contribution in [-0.4, -0.2) is 29.8 Å². The van der Waals surface area contributed by atoms with E-state index in [4.69, 9.17) is 11.6 Å². The maximum Gasteiger partial charge on any atom is 0.229 e. The Kier molecular flexibility index (Phi) is 7.02. The topological polar surface area (TPSA) is 73.2 Å². The van der Waals surface area contributed by atoms with E-state index in [0.29, 0.717) is 29.4 Å². The summed E-state index contributed by atoms with van der Waals surface area (Å²) in [5.41, 5.74) is 1.70. The van der Waals surface area contributed by atoms with Gasteiger partial charge in [0, 0.05) is 29.2 Å². The van der Waals surface area contributed by atoms with Crippen LogP contribution in [0, 0.1) is 22.7 Å². The van der Waals surface area contributed by atoms with Gasteiger partial charge in [0.25, 0.3) is 0 Å². The Balaban J connectivity index is 1.70. The number of piperidine rings is 1. The van der Waals surface area contributed by atoms with Gasteiger partial charge >= 0.3 is 0 Å². The molecule has 1 fully saturated rings. The second-order valence-corrected chi connectivity index (χ2v) is 9.45. The molecule has 2 aromatic rings. The molecule has 0 bridgehead atoms. The van der Waals surface area contributed by atoms with Crippen molar-refractivity contribution < 1.29 is 9.59 Å². The third kappa shape index (κ3) is 5.45. The zero-order valence-corrected chi connectivity index (χ0v) is 18.9. The smallest absolute Gasteiger partial charge is 0.229 e. The summed E-state index contributed by atoms with van der Waals surface area (Å²) in [5.74, 6) is -0.778. The molecule has 1 N–H and O–H groups in total. The van der Waals surface area contributed by atoms with Gasteiger partial charge in [-0.1, -0.05) is 68.8 Å². The van der Waals surface area contributed by atoms with E-state index < -0.39 is 11.3 Å². The van der Waals surface area contributed by atoms with Crippen LogP contribution in [0.15, 0.2) is 48.5 Å². The van der Waals surface area contributed by atoms with Gasteiger partial charge in [-0.25, -0.2) is 0 Å². The highest BCUT2D eigenvalue weighted by Gasteiger charge is 2.33. The molecule has 1 saturated heterocycles. The standard InChI is InChI=1S/C25H28ClN3O2/c1-25(2,3)24(31)29-13-7-10-18(16-29)23(30)28-19-11-12-20(22(26)14-19)21(15-27)17-8-5-4-6-9-17/h4-6,8-9,11-12,14,18,21H,7,10,13,16H2,1-3H3,(H,28,30). The lowest BCUT2D eigenvalue weighted by atomic mass is 9.90. The van der Waals surface area contributed by atoms with Crippen LogP contribution in [0.3, 0.4) is 0 Å². The van der Waals surface area contributed by atoms with Crippen LogP contribution in [0.5, 0.6) is 0 Å². The Bertz CT molecular complexity index is 992. The number of nitriles is 1. The van der Waals surface area contributed by atoms with Crippen molar-refractivity contribution in [1.82, 2.24) is 4.90 Å². The largest absolute Gasteiger partial charge is 0.341 e. The summed E-state index contributed by atoms with van der Waals surface area (Å²) < 4.78 is 0. The normalized spacial score (nSPS) is 17.5. The van der Waals surface area contributed by atoms with Crippen molar-refractivity contribution in [1.29, 1.82) is 5.26 Å². The van der Waals surface area contributed by atoms with E-state index in [1.807, 2.05) is 51.1 Å². The summed E-state index contributed by atoms with van der Waals surface area (Å²) in [6, 6.07) is 17.0. The molecule has 2 aromatic carbocycles. The maximum absolute atomic E-state index is 12.8. The van der Waals surface area contributed by atoms with E-state index in [-0.39, 0.29) is 17.7 Å². The van der Waals surface area contributed by atoms with Crippen LogP contribution in [0.1, 0.15) is 50.7 Å². The number of halogens is 1. The summed E-state index contributed by atoms with van der Waals surface area (Å²) in [6.07, 6.45) is 1.55. The van der Waals surface area contributed by atoms with Crippen molar-refractivity contribution in [3.8, 4) is 6.07 Å². The molecule has 2 unspecified atom stereocenters. The Labute approximate surface area is 189 Å². The second kappa shape index (κ2) is 9.53. The molecule has 0 radical (unpaired) electrons. The number of amides is 2. The molecule has 1 aliphatic heterocycles. The number of benzene rings is 2. The Morgan fingerprint density at radius 3 is 2.52 bits per heavy atom. The molecule has 2 atom stereocenters. The monoisotopic (exact) mass is 437 g/mol.